The molecule has 1 saturated heterocycles. The van der Waals surface area contributed by atoms with Crippen LogP contribution in [0.2, 0.25) is 0 Å². The van der Waals surface area contributed by atoms with E-state index in [1.165, 1.54) is 31.4 Å². The van der Waals surface area contributed by atoms with Crippen molar-refractivity contribution in [3.63, 3.8) is 0 Å². The molecule has 1 aromatic heterocycles. The molecule has 4 nitrogen and oxygen atoms in total. The Morgan fingerprint density at radius 3 is 2.68 bits per heavy atom. The maximum atomic E-state index is 5.71. The van der Waals surface area contributed by atoms with Crippen LogP contribution < -0.4 is 5.73 Å². The summed E-state index contributed by atoms with van der Waals surface area (Å²) in [6, 6.07) is 8.38. The molecule has 0 bridgehead atoms. The van der Waals surface area contributed by atoms with E-state index in [1.807, 2.05) is 6.07 Å². The zero-order valence-electron chi connectivity index (χ0n) is 11.4. The second-order valence-corrected chi connectivity index (χ2v) is 5.26. The number of aromatic nitrogens is 2. The third-order valence-electron chi connectivity index (χ3n) is 3.94. The molecule has 1 aromatic carbocycles. The summed E-state index contributed by atoms with van der Waals surface area (Å²) < 4.78 is 2.35. The van der Waals surface area contributed by atoms with Gasteiger partial charge in [0.2, 0.25) is 0 Å². The molecule has 0 saturated carbocycles. The van der Waals surface area contributed by atoms with Crippen LogP contribution in [0.25, 0.3) is 11.0 Å². The van der Waals surface area contributed by atoms with Crippen LogP contribution in [0.5, 0.6) is 0 Å². The van der Waals surface area contributed by atoms with Crippen molar-refractivity contribution in [3.05, 3.63) is 30.1 Å². The van der Waals surface area contributed by atoms with Gasteiger partial charge in [0, 0.05) is 19.5 Å². The standard InChI is InChI=1S/C15H22N4/c16-8-7-15-17-13-5-1-2-6-14(13)19(15)12-11-18-9-3-4-10-18/h1-2,5-6H,3-4,7-12,16H2. The molecule has 0 unspecified atom stereocenters. The smallest absolute Gasteiger partial charge is 0.111 e. The van der Waals surface area contributed by atoms with Gasteiger partial charge in [-0.2, -0.15) is 0 Å². The lowest BCUT2D eigenvalue weighted by Gasteiger charge is -2.16. The van der Waals surface area contributed by atoms with Gasteiger partial charge < -0.3 is 15.2 Å². The van der Waals surface area contributed by atoms with Crippen LogP contribution >= 0.6 is 0 Å². The minimum Gasteiger partial charge on any atom is -0.330 e. The first-order valence-corrected chi connectivity index (χ1v) is 7.25. The normalized spacial score (nSPS) is 16.5. The topological polar surface area (TPSA) is 47.1 Å². The average Bonchev–Trinajstić information content (AvgIpc) is 3.04. The first-order chi connectivity index (χ1) is 9.38. The van der Waals surface area contributed by atoms with Crippen LogP contribution in [-0.4, -0.2) is 40.6 Å². The van der Waals surface area contributed by atoms with Gasteiger partial charge in [0.15, 0.2) is 0 Å². The van der Waals surface area contributed by atoms with Crippen molar-refractivity contribution in [2.24, 2.45) is 5.73 Å². The van der Waals surface area contributed by atoms with Crippen molar-refractivity contribution < 1.29 is 0 Å². The Balaban J connectivity index is 1.84. The van der Waals surface area contributed by atoms with E-state index in [-0.39, 0.29) is 0 Å². The monoisotopic (exact) mass is 258 g/mol. The molecule has 1 aliphatic heterocycles. The van der Waals surface area contributed by atoms with Crippen molar-refractivity contribution in [2.45, 2.75) is 25.8 Å². The van der Waals surface area contributed by atoms with Crippen molar-refractivity contribution in [1.29, 1.82) is 0 Å². The fourth-order valence-electron chi connectivity index (χ4n) is 2.94. The van der Waals surface area contributed by atoms with Crippen molar-refractivity contribution in [3.8, 4) is 0 Å². The Kier molecular flexibility index (Phi) is 3.80. The third-order valence-corrected chi connectivity index (χ3v) is 3.94. The molecule has 0 atom stereocenters. The Hall–Kier alpha value is -1.39. The summed E-state index contributed by atoms with van der Waals surface area (Å²) in [5.74, 6) is 1.13. The average molecular weight is 258 g/mol. The summed E-state index contributed by atoms with van der Waals surface area (Å²) in [7, 11) is 0. The zero-order valence-corrected chi connectivity index (χ0v) is 11.4. The van der Waals surface area contributed by atoms with Gasteiger partial charge in [-0.1, -0.05) is 12.1 Å². The largest absolute Gasteiger partial charge is 0.330 e. The molecule has 0 spiro atoms. The van der Waals surface area contributed by atoms with Gasteiger partial charge in [0.1, 0.15) is 5.82 Å². The maximum Gasteiger partial charge on any atom is 0.111 e. The van der Waals surface area contributed by atoms with Gasteiger partial charge in [-0.05, 0) is 44.6 Å². The van der Waals surface area contributed by atoms with Crippen LogP contribution in [0.4, 0.5) is 0 Å². The minimum atomic E-state index is 0.660. The number of hydrogen-bond donors (Lipinski definition) is 1. The van der Waals surface area contributed by atoms with E-state index in [1.54, 1.807) is 0 Å². The van der Waals surface area contributed by atoms with Gasteiger partial charge in [-0.3, -0.25) is 0 Å². The van der Waals surface area contributed by atoms with Crippen molar-refractivity contribution in [1.82, 2.24) is 14.5 Å². The predicted molar refractivity (Wildman–Crippen MR) is 78.2 cm³/mol. The number of fused-ring (bicyclic) bond motifs is 1. The SMILES string of the molecule is NCCc1nc2ccccc2n1CCN1CCCC1. The Morgan fingerprint density at radius 1 is 1.11 bits per heavy atom. The number of imidazole rings is 1. The maximum absolute atomic E-state index is 5.71. The van der Waals surface area contributed by atoms with E-state index < -0.39 is 0 Å². The highest BCUT2D eigenvalue weighted by molar-refractivity contribution is 5.75. The molecular weight excluding hydrogens is 236 g/mol. The molecule has 0 aliphatic carbocycles. The number of rotatable bonds is 5. The lowest BCUT2D eigenvalue weighted by molar-refractivity contribution is 0.322. The number of para-hydroxylation sites is 2. The first kappa shape index (κ1) is 12.6. The second kappa shape index (κ2) is 5.72. The molecule has 4 heteroatoms. The van der Waals surface area contributed by atoms with E-state index in [0.29, 0.717) is 6.54 Å². The van der Waals surface area contributed by atoms with Crippen LogP contribution in [0.1, 0.15) is 18.7 Å². The molecule has 19 heavy (non-hydrogen) atoms. The number of nitrogens with two attached hydrogens (primary N) is 1. The molecular formula is C15H22N4. The van der Waals surface area contributed by atoms with Gasteiger partial charge in [0.05, 0.1) is 11.0 Å². The highest BCUT2D eigenvalue weighted by Crippen LogP contribution is 2.17. The summed E-state index contributed by atoms with van der Waals surface area (Å²) in [5.41, 5.74) is 8.04. The number of hydrogen-bond acceptors (Lipinski definition) is 3. The predicted octanol–water partition coefficient (Wildman–Crippen LogP) is 1.63. The number of likely N-dealkylation sites (tertiary alicyclic amines) is 1. The minimum absolute atomic E-state index is 0.660. The van der Waals surface area contributed by atoms with E-state index in [2.05, 4.69) is 27.7 Å². The summed E-state index contributed by atoms with van der Waals surface area (Å²) in [6.07, 6.45) is 3.55. The highest BCUT2D eigenvalue weighted by Gasteiger charge is 2.14. The quantitative estimate of drug-likeness (QED) is 0.886. The summed E-state index contributed by atoms with van der Waals surface area (Å²) >= 11 is 0. The van der Waals surface area contributed by atoms with Gasteiger partial charge in [-0.25, -0.2) is 4.98 Å². The first-order valence-electron chi connectivity index (χ1n) is 7.25. The highest BCUT2D eigenvalue weighted by atomic mass is 15.2. The van der Waals surface area contributed by atoms with Crippen LogP contribution in [0.3, 0.4) is 0 Å². The lowest BCUT2D eigenvalue weighted by Crippen LogP contribution is -2.25. The van der Waals surface area contributed by atoms with Gasteiger partial charge >= 0.3 is 0 Å². The summed E-state index contributed by atoms with van der Waals surface area (Å²) in [4.78, 5) is 7.25. The molecule has 1 fully saturated rings. The molecule has 102 valence electrons. The molecule has 2 heterocycles. The Labute approximate surface area is 114 Å². The molecule has 1 aliphatic rings. The van der Waals surface area contributed by atoms with E-state index in [9.17, 15) is 0 Å². The number of nitrogens with zero attached hydrogens (tertiary/aromatic N) is 3. The summed E-state index contributed by atoms with van der Waals surface area (Å²) in [5, 5.41) is 0. The molecule has 0 amide bonds. The lowest BCUT2D eigenvalue weighted by atomic mass is 10.3. The van der Waals surface area contributed by atoms with Gasteiger partial charge in [-0.15, -0.1) is 0 Å². The van der Waals surface area contributed by atoms with E-state index in [0.717, 1.165) is 30.9 Å². The Bertz CT molecular complexity index is 540. The number of benzene rings is 1. The molecule has 2 N–H and O–H groups in total. The molecule has 3 rings (SSSR count). The molecule has 2 aromatic rings. The Morgan fingerprint density at radius 2 is 1.89 bits per heavy atom. The van der Waals surface area contributed by atoms with Crippen molar-refractivity contribution >= 4 is 11.0 Å². The van der Waals surface area contributed by atoms with Crippen LogP contribution in [0, 0.1) is 0 Å². The molecule has 0 radical (unpaired) electrons. The fraction of sp³-hybridized carbons (Fsp3) is 0.533. The van der Waals surface area contributed by atoms with Crippen LogP contribution in [-0.2, 0) is 13.0 Å². The second-order valence-electron chi connectivity index (χ2n) is 5.26. The van der Waals surface area contributed by atoms with Gasteiger partial charge in [0.25, 0.3) is 0 Å². The van der Waals surface area contributed by atoms with Crippen molar-refractivity contribution in [2.75, 3.05) is 26.2 Å². The third kappa shape index (κ3) is 2.65. The zero-order chi connectivity index (χ0) is 13.1. The van der Waals surface area contributed by atoms with E-state index in [4.69, 9.17) is 10.7 Å². The van der Waals surface area contributed by atoms with Crippen LogP contribution in [0.15, 0.2) is 24.3 Å². The summed E-state index contributed by atoms with van der Waals surface area (Å²) in [6.45, 7) is 5.30. The fourth-order valence-corrected chi connectivity index (χ4v) is 2.94. The van der Waals surface area contributed by atoms with E-state index >= 15 is 0 Å².